The van der Waals surface area contributed by atoms with E-state index in [0.717, 1.165) is 40.7 Å². The summed E-state index contributed by atoms with van der Waals surface area (Å²) >= 11 is 6.62. The van der Waals surface area contributed by atoms with Crippen molar-refractivity contribution >= 4 is 17.4 Å². The summed E-state index contributed by atoms with van der Waals surface area (Å²) in [6, 6.07) is 17.6. The van der Waals surface area contributed by atoms with Gasteiger partial charge in [0, 0.05) is 31.3 Å². The van der Waals surface area contributed by atoms with Crippen LogP contribution in [0.3, 0.4) is 0 Å². The van der Waals surface area contributed by atoms with Crippen molar-refractivity contribution < 1.29 is 14.6 Å². The Morgan fingerprint density at radius 2 is 1.88 bits per heavy atom. The van der Waals surface area contributed by atoms with E-state index in [4.69, 9.17) is 16.3 Å². The van der Waals surface area contributed by atoms with Crippen molar-refractivity contribution in [3.05, 3.63) is 94.3 Å². The summed E-state index contributed by atoms with van der Waals surface area (Å²) in [5.74, 6) is 0.550. The van der Waals surface area contributed by atoms with E-state index in [1.807, 2.05) is 66.9 Å². The van der Waals surface area contributed by atoms with Crippen molar-refractivity contribution in [3.8, 4) is 28.3 Å². The zero-order chi connectivity index (χ0) is 30.5. The molecule has 5 rings (SSSR count). The zero-order valence-corrected chi connectivity index (χ0v) is 25.4. The fourth-order valence-corrected chi connectivity index (χ4v) is 5.36. The minimum Gasteiger partial charge on any atom is -0.506 e. The number of nitrogens with zero attached hydrogens (tertiary/aromatic N) is 7. The summed E-state index contributed by atoms with van der Waals surface area (Å²) in [5.41, 5.74) is 4.51. The first-order valence-corrected chi connectivity index (χ1v) is 14.7. The fourth-order valence-electron chi connectivity index (χ4n) is 5.07. The van der Waals surface area contributed by atoms with Gasteiger partial charge in [0.1, 0.15) is 17.3 Å². The molecule has 1 N–H and O–H groups in total. The van der Waals surface area contributed by atoms with E-state index in [9.17, 15) is 9.90 Å². The molecule has 0 amide bonds. The molecule has 2 aromatic carbocycles. The number of aromatic hydroxyl groups is 1. The van der Waals surface area contributed by atoms with Crippen molar-refractivity contribution in [1.82, 2.24) is 34.7 Å². The lowest BCUT2D eigenvalue weighted by atomic mass is 9.96. The Hall–Kier alpha value is -4.41. The van der Waals surface area contributed by atoms with Gasteiger partial charge in [0.25, 0.3) is 0 Å². The van der Waals surface area contributed by atoms with Crippen molar-refractivity contribution in [1.29, 1.82) is 0 Å². The van der Waals surface area contributed by atoms with E-state index < -0.39 is 5.78 Å². The van der Waals surface area contributed by atoms with Crippen LogP contribution >= 0.6 is 11.6 Å². The first-order chi connectivity index (χ1) is 20.8. The molecule has 222 valence electrons. The number of unbranched alkanes of at least 4 members (excludes halogenated alkanes) is 1. The summed E-state index contributed by atoms with van der Waals surface area (Å²) in [4.78, 5) is 22.6. The third-order valence-corrected chi connectivity index (χ3v) is 7.45. The van der Waals surface area contributed by atoms with E-state index in [1.54, 1.807) is 17.8 Å². The SMILES string of the molecule is CCCCc1nc(Cl)c(C(=O)c2ncc(C)cc2O)n1Cc1ccc(-c2ccccc2)c(-c2nnnn2C(C)OCC)c1. The number of ketones is 1. The molecule has 0 spiro atoms. The number of tetrazole rings is 1. The Balaban J connectivity index is 1.63. The molecule has 0 radical (unpaired) electrons. The minimum absolute atomic E-state index is 0.0695. The van der Waals surface area contributed by atoms with E-state index in [-0.39, 0.29) is 28.5 Å². The van der Waals surface area contributed by atoms with E-state index in [0.29, 0.717) is 31.2 Å². The van der Waals surface area contributed by atoms with Gasteiger partial charge in [-0.25, -0.2) is 9.97 Å². The Labute approximate surface area is 255 Å². The smallest absolute Gasteiger partial charge is 0.234 e. The number of hydrogen-bond acceptors (Lipinski definition) is 8. The molecule has 0 bridgehead atoms. The second-order valence-corrected chi connectivity index (χ2v) is 10.7. The third kappa shape index (κ3) is 6.35. The first kappa shape index (κ1) is 30.1. The largest absolute Gasteiger partial charge is 0.506 e. The van der Waals surface area contributed by atoms with Crippen molar-refractivity contribution in [2.45, 2.75) is 59.7 Å². The van der Waals surface area contributed by atoms with Gasteiger partial charge in [0.15, 0.2) is 22.9 Å². The molecule has 1 atom stereocenters. The van der Waals surface area contributed by atoms with Gasteiger partial charge in [-0.1, -0.05) is 67.4 Å². The highest BCUT2D eigenvalue weighted by Crippen LogP contribution is 2.34. The molecule has 0 aliphatic heterocycles. The molecule has 3 heterocycles. The topological polar surface area (TPSA) is 121 Å². The molecule has 3 aromatic heterocycles. The lowest BCUT2D eigenvalue weighted by Gasteiger charge is -2.17. The van der Waals surface area contributed by atoms with Crippen LogP contribution in [0.15, 0.2) is 60.8 Å². The van der Waals surface area contributed by atoms with Crippen LogP contribution in [0, 0.1) is 6.92 Å². The van der Waals surface area contributed by atoms with E-state index in [1.165, 1.54) is 6.07 Å². The van der Waals surface area contributed by atoms with Crippen LogP contribution in [0.25, 0.3) is 22.5 Å². The highest BCUT2D eigenvalue weighted by Gasteiger charge is 2.27. The van der Waals surface area contributed by atoms with E-state index in [2.05, 4.69) is 32.4 Å². The predicted octanol–water partition coefficient (Wildman–Crippen LogP) is 6.44. The molecule has 5 aromatic rings. The number of carbonyl (C=O) groups excluding carboxylic acids is 1. The maximum absolute atomic E-state index is 13.8. The Bertz CT molecular complexity index is 1730. The van der Waals surface area contributed by atoms with Gasteiger partial charge in [-0.3, -0.25) is 4.79 Å². The number of halogens is 1. The average Bonchev–Trinajstić information content (AvgIpc) is 3.61. The number of ether oxygens (including phenoxy) is 1. The summed E-state index contributed by atoms with van der Waals surface area (Å²) in [6.45, 7) is 8.52. The Morgan fingerprint density at radius 3 is 2.60 bits per heavy atom. The second-order valence-electron chi connectivity index (χ2n) is 10.3. The maximum atomic E-state index is 13.8. The average molecular weight is 600 g/mol. The quantitative estimate of drug-likeness (QED) is 0.163. The van der Waals surface area contributed by atoms with Crippen LogP contribution in [-0.2, 0) is 17.7 Å². The standard InChI is InChI=1S/C32H34ClN7O3/c1-5-7-13-27-35-31(33)29(30(42)28-26(41)16-20(3)18-34-28)39(27)19-22-14-15-24(23-11-9-8-10-12-23)25(17-22)32-36-37-38-40(32)21(4)43-6-2/h8-12,14-18,21,41H,5-7,13,19H2,1-4H3. The van der Waals surface area contributed by atoms with Gasteiger partial charge >= 0.3 is 0 Å². The number of aromatic nitrogens is 7. The molecule has 0 saturated carbocycles. The molecule has 43 heavy (non-hydrogen) atoms. The third-order valence-electron chi connectivity index (χ3n) is 7.19. The normalized spacial score (nSPS) is 12.0. The summed E-state index contributed by atoms with van der Waals surface area (Å²) in [6.07, 6.45) is 3.62. The molecule has 1 unspecified atom stereocenters. The predicted molar refractivity (Wildman–Crippen MR) is 164 cm³/mol. The maximum Gasteiger partial charge on any atom is 0.234 e. The lowest BCUT2D eigenvalue weighted by molar-refractivity contribution is 0.0159. The van der Waals surface area contributed by atoms with Crippen LogP contribution in [0.4, 0.5) is 0 Å². The number of aryl methyl sites for hydroxylation is 2. The van der Waals surface area contributed by atoms with Gasteiger partial charge < -0.3 is 14.4 Å². The second kappa shape index (κ2) is 13.3. The lowest BCUT2D eigenvalue weighted by Crippen LogP contribution is -2.16. The molecule has 11 heteroatoms. The summed E-state index contributed by atoms with van der Waals surface area (Å²) in [5, 5.41) is 23.2. The fraction of sp³-hybridized carbons (Fsp3) is 0.312. The van der Waals surface area contributed by atoms with E-state index >= 15 is 0 Å². The van der Waals surface area contributed by atoms with Crippen LogP contribution in [0.1, 0.15) is 73.0 Å². The zero-order valence-electron chi connectivity index (χ0n) is 24.7. The van der Waals surface area contributed by atoms with Gasteiger partial charge in [-0.2, -0.15) is 4.68 Å². The number of rotatable bonds is 12. The molecule has 10 nitrogen and oxygen atoms in total. The number of benzene rings is 2. The highest BCUT2D eigenvalue weighted by molar-refractivity contribution is 6.33. The molecular formula is C32H34ClN7O3. The molecular weight excluding hydrogens is 566 g/mol. The summed E-state index contributed by atoms with van der Waals surface area (Å²) < 4.78 is 9.30. The summed E-state index contributed by atoms with van der Waals surface area (Å²) in [7, 11) is 0. The number of hydrogen-bond donors (Lipinski definition) is 1. The molecule has 0 fully saturated rings. The Kier molecular flexibility index (Phi) is 9.27. The van der Waals surface area contributed by atoms with Crippen molar-refractivity contribution in [2.75, 3.05) is 6.61 Å². The minimum atomic E-state index is -0.492. The number of carbonyl (C=O) groups is 1. The van der Waals surface area contributed by atoms with Crippen molar-refractivity contribution in [2.24, 2.45) is 0 Å². The van der Waals surface area contributed by atoms with Gasteiger partial charge in [-0.05, 0) is 72.0 Å². The van der Waals surface area contributed by atoms with Crippen LogP contribution in [0.5, 0.6) is 5.75 Å². The first-order valence-electron chi connectivity index (χ1n) is 14.4. The molecule has 0 aliphatic rings. The molecule has 0 saturated heterocycles. The Morgan fingerprint density at radius 1 is 1.09 bits per heavy atom. The van der Waals surface area contributed by atoms with Gasteiger partial charge in [0.2, 0.25) is 5.78 Å². The van der Waals surface area contributed by atoms with Crippen LogP contribution in [-0.4, -0.2) is 52.2 Å². The molecule has 0 aliphatic carbocycles. The van der Waals surface area contributed by atoms with Crippen LogP contribution in [0.2, 0.25) is 5.15 Å². The monoisotopic (exact) mass is 599 g/mol. The van der Waals surface area contributed by atoms with Crippen LogP contribution < -0.4 is 0 Å². The number of pyridine rings is 1. The van der Waals surface area contributed by atoms with Gasteiger partial charge in [0.05, 0.1) is 0 Å². The van der Waals surface area contributed by atoms with Gasteiger partial charge in [-0.15, -0.1) is 5.10 Å². The number of imidazole rings is 1. The highest BCUT2D eigenvalue weighted by atomic mass is 35.5. The van der Waals surface area contributed by atoms with Crippen molar-refractivity contribution in [3.63, 3.8) is 0 Å².